The summed E-state index contributed by atoms with van der Waals surface area (Å²) >= 11 is 0. The van der Waals surface area contributed by atoms with Crippen molar-refractivity contribution in [3.05, 3.63) is 11.9 Å². The second-order valence-electron chi connectivity index (χ2n) is 4.30. The number of nitrogens with zero attached hydrogens (tertiary/aromatic N) is 3. The molecule has 1 atom stereocenters. The van der Waals surface area contributed by atoms with Crippen LogP contribution in [0.25, 0.3) is 0 Å². The summed E-state index contributed by atoms with van der Waals surface area (Å²) in [6, 6.07) is 0.109. The van der Waals surface area contributed by atoms with Gasteiger partial charge in [-0.25, -0.2) is 0 Å². The molecule has 0 aliphatic carbocycles. The van der Waals surface area contributed by atoms with Gasteiger partial charge in [0.1, 0.15) is 0 Å². The van der Waals surface area contributed by atoms with Gasteiger partial charge in [-0.2, -0.15) is 5.10 Å². The van der Waals surface area contributed by atoms with E-state index in [1.165, 1.54) is 0 Å². The van der Waals surface area contributed by atoms with Crippen LogP contribution >= 0.6 is 0 Å². The number of aromatic nitrogens is 2. The van der Waals surface area contributed by atoms with Crippen molar-refractivity contribution in [2.24, 2.45) is 7.05 Å². The molecule has 0 fully saturated rings. The third-order valence-corrected chi connectivity index (χ3v) is 2.62. The third-order valence-electron chi connectivity index (χ3n) is 2.62. The van der Waals surface area contributed by atoms with Crippen molar-refractivity contribution in [2.45, 2.75) is 26.3 Å². The third kappa shape index (κ3) is 2.98. The lowest BCUT2D eigenvalue weighted by molar-refractivity contribution is -0.128. The first kappa shape index (κ1) is 12.5. The molecule has 0 aromatic carbocycles. The van der Waals surface area contributed by atoms with Crippen molar-refractivity contribution in [1.82, 2.24) is 14.7 Å². The van der Waals surface area contributed by atoms with Gasteiger partial charge in [-0.1, -0.05) is 0 Å². The van der Waals surface area contributed by atoms with Crippen LogP contribution in [0.3, 0.4) is 0 Å². The van der Waals surface area contributed by atoms with Gasteiger partial charge in [-0.15, -0.1) is 0 Å². The number of amides is 1. The normalized spacial score (nSPS) is 12.3. The Balaban J connectivity index is 2.55. The molecule has 1 amide bonds. The molecule has 0 bridgehead atoms. The largest absolute Gasteiger partial charge is 0.379 e. The van der Waals surface area contributed by atoms with Gasteiger partial charge < -0.3 is 10.2 Å². The van der Waals surface area contributed by atoms with Crippen molar-refractivity contribution in [2.75, 3.05) is 19.4 Å². The molecule has 0 saturated heterocycles. The molecule has 0 spiro atoms. The van der Waals surface area contributed by atoms with Crippen LogP contribution < -0.4 is 5.32 Å². The zero-order chi connectivity index (χ0) is 12.3. The maximum absolute atomic E-state index is 11.5. The molecule has 1 heterocycles. The summed E-state index contributed by atoms with van der Waals surface area (Å²) in [7, 11) is 5.44. The molecule has 0 radical (unpaired) electrons. The molecule has 16 heavy (non-hydrogen) atoms. The maximum Gasteiger partial charge on any atom is 0.224 e. The van der Waals surface area contributed by atoms with E-state index in [1.807, 2.05) is 25.6 Å². The van der Waals surface area contributed by atoms with Gasteiger partial charge in [0.2, 0.25) is 5.91 Å². The zero-order valence-corrected chi connectivity index (χ0v) is 10.6. The number of anilines is 1. The Kier molecular flexibility index (Phi) is 3.93. The Morgan fingerprint density at radius 1 is 1.62 bits per heavy atom. The second-order valence-corrected chi connectivity index (χ2v) is 4.30. The monoisotopic (exact) mass is 224 g/mol. The van der Waals surface area contributed by atoms with Crippen molar-refractivity contribution >= 4 is 11.6 Å². The highest BCUT2D eigenvalue weighted by atomic mass is 16.2. The molecule has 5 nitrogen and oxygen atoms in total. The van der Waals surface area contributed by atoms with Crippen LogP contribution in [-0.2, 0) is 11.8 Å². The van der Waals surface area contributed by atoms with Gasteiger partial charge in [0.15, 0.2) is 0 Å². The summed E-state index contributed by atoms with van der Waals surface area (Å²) < 4.78 is 1.81. The summed E-state index contributed by atoms with van der Waals surface area (Å²) in [5.74, 6) is 0.126. The van der Waals surface area contributed by atoms with Gasteiger partial charge in [0.05, 0.1) is 17.6 Å². The van der Waals surface area contributed by atoms with E-state index in [2.05, 4.69) is 10.4 Å². The van der Waals surface area contributed by atoms with E-state index in [0.29, 0.717) is 6.42 Å². The molecular formula is C11H20N4O. The minimum Gasteiger partial charge on any atom is -0.379 e. The quantitative estimate of drug-likeness (QED) is 0.830. The molecule has 90 valence electrons. The fraction of sp³-hybridized carbons (Fsp3) is 0.636. The number of nitrogens with one attached hydrogen (secondary N) is 1. The summed E-state index contributed by atoms with van der Waals surface area (Å²) in [5, 5.41) is 7.43. The predicted octanol–water partition coefficient (Wildman–Crippen LogP) is 1.01. The molecule has 1 N–H and O–H groups in total. The first-order chi connectivity index (χ1) is 7.41. The first-order valence-electron chi connectivity index (χ1n) is 5.37. The lowest BCUT2D eigenvalue weighted by Gasteiger charge is -2.17. The smallest absolute Gasteiger partial charge is 0.224 e. The van der Waals surface area contributed by atoms with E-state index in [-0.39, 0.29) is 11.9 Å². The Morgan fingerprint density at radius 3 is 2.69 bits per heavy atom. The Bertz CT molecular complexity index is 370. The number of hydrogen-bond acceptors (Lipinski definition) is 3. The highest BCUT2D eigenvalue weighted by Crippen LogP contribution is 2.14. The fourth-order valence-electron chi connectivity index (χ4n) is 1.40. The van der Waals surface area contributed by atoms with Crippen molar-refractivity contribution < 1.29 is 4.79 Å². The van der Waals surface area contributed by atoms with Crippen LogP contribution in [0.5, 0.6) is 0 Å². The molecule has 1 aromatic rings. The summed E-state index contributed by atoms with van der Waals surface area (Å²) in [5.41, 5.74) is 2.06. The number of carbonyl (C=O) groups excluding carboxylic acids is 1. The molecule has 0 aliphatic heterocycles. The molecule has 5 heteroatoms. The van der Waals surface area contributed by atoms with E-state index in [9.17, 15) is 4.79 Å². The van der Waals surface area contributed by atoms with Crippen LogP contribution in [0.2, 0.25) is 0 Å². The molecule has 1 rings (SSSR count). The van der Waals surface area contributed by atoms with E-state index in [4.69, 9.17) is 0 Å². The van der Waals surface area contributed by atoms with Gasteiger partial charge in [-0.05, 0) is 13.8 Å². The Morgan fingerprint density at radius 2 is 2.25 bits per heavy atom. The minimum atomic E-state index is 0.109. The van der Waals surface area contributed by atoms with Gasteiger partial charge in [0.25, 0.3) is 0 Å². The zero-order valence-electron chi connectivity index (χ0n) is 10.6. The van der Waals surface area contributed by atoms with Crippen LogP contribution in [0.15, 0.2) is 6.20 Å². The van der Waals surface area contributed by atoms with E-state index in [1.54, 1.807) is 25.2 Å². The molecule has 0 aliphatic rings. The number of aryl methyl sites for hydroxylation is 1. The fourth-order valence-corrected chi connectivity index (χ4v) is 1.40. The van der Waals surface area contributed by atoms with Crippen LogP contribution in [0, 0.1) is 6.92 Å². The highest BCUT2D eigenvalue weighted by molar-refractivity contribution is 5.76. The standard InChI is InChI=1S/C11H20N4O/c1-8(6-11(16)14(3)4)13-10-7-12-15(5)9(10)2/h7-8,13H,6H2,1-5H3. The van der Waals surface area contributed by atoms with Crippen LogP contribution in [0.4, 0.5) is 5.69 Å². The van der Waals surface area contributed by atoms with Crippen molar-refractivity contribution in [1.29, 1.82) is 0 Å². The molecule has 0 saturated carbocycles. The second kappa shape index (κ2) is 5.01. The first-order valence-corrected chi connectivity index (χ1v) is 5.37. The maximum atomic E-state index is 11.5. The molecule has 1 unspecified atom stereocenters. The minimum absolute atomic E-state index is 0.109. The van der Waals surface area contributed by atoms with Crippen LogP contribution in [0.1, 0.15) is 19.0 Å². The average Bonchev–Trinajstić information content (AvgIpc) is 2.49. The van der Waals surface area contributed by atoms with E-state index >= 15 is 0 Å². The Hall–Kier alpha value is -1.52. The average molecular weight is 224 g/mol. The van der Waals surface area contributed by atoms with Gasteiger partial charge >= 0.3 is 0 Å². The molecule has 1 aromatic heterocycles. The van der Waals surface area contributed by atoms with E-state index in [0.717, 1.165) is 11.4 Å². The van der Waals surface area contributed by atoms with Crippen LogP contribution in [-0.4, -0.2) is 40.7 Å². The SMILES string of the molecule is Cc1c(NC(C)CC(=O)N(C)C)cnn1C. The van der Waals surface area contributed by atoms with Crippen molar-refractivity contribution in [3.8, 4) is 0 Å². The Labute approximate surface area is 96.4 Å². The lowest BCUT2D eigenvalue weighted by Crippen LogP contribution is -2.28. The van der Waals surface area contributed by atoms with Gasteiger partial charge in [0, 0.05) is 33.6 Å². The number of hydrogen-bond donors (Lipinski definition) is 1. The summed E-state index contributed by atoms with van der Waals surface area (Å²) in [6.45, 7) is 3.99. The highest BCUT2D eigenvalue weighted by Gasteiger charge is 2.12. The van der Waals surface area contributed by atoms with Crippen molar-refractivity contribution in [3.63, 3.8) is 0 Å². The molecular weight excluding hydrogens is 204 g/mol. The summed E-state index contributed by atoms with van der Waals surface area (Å²) in [4.78, 5) is 13.1. The number of rotatable bonds is 4. The predicted molar refractivity (Wildman–Crippen MR) is 64.3 cm³/mol. The lowest BCUT2D eigenvalue weighted by atomic mass is 10.2. The summed E-state index contributed by atoms with van der Waals surface area (Å²) in [6.07, 6.45) is 2.27. The number of carbonyl (C=O) groups is 1. The van der Waals surface area contributed by atoms with E-state index < -0.39 is 0 Å². The van der Waals surface area contributed by atoms with Gasteiger partial charge in [-0.3, -0.25) is 9.48 Å². The topological polar surface area (TPSA) is 50.2 Å².